The van der Waals surface area contributed by atoms with E-state index in [4.69, 9.17) is 14.5 Å². The number of carbonyl (C=O) groups excluding carboxylic acids is 3. The summed E-state index contributed by atoms with van der Waals surface area (Å²) >= 11 is 0. The van der Waals surface area contributed by atoms with Gasteiger partial charge in [0.1, 0.15) is 17.6 Å². The summed E-state index contributed by atoms with van der Waals surface area (Å²) in [5, 5.41) is 13.9. The maximum absolute atomic E-state index is 13.5. The Balaban J connectivity index is 1.61. The highest BCUT2D eigenvalue weighted by Gasteiger charge is 2.68. The normalized spacial score (nSPS) is 38.3. The van der Waals surface area contributed by atoms with E-state index in [0.717, 1.165) is 19.3 Å². The van der Waals surface area contributed by atoms with E-state index in [2.05, 4.69) is 23.7 Å². The summed E-state index contributed by atoms with van der Waals surface area (Å²) in [6, 6.07) is 4.95. The molecule has 216 valence electrons. The minimum absolute atomic E-state index is 0.0626. The van der Waals surface area contributed by atoms with Gasteiger partial charge in [-0.15, -0.1) is 0 Å². The summed E-state index contributed by atoms with van der Waals surface area (Å²) in [7, 11) is -4.75. The maximum atomic E-state index is 13.5. The van der Waals surface area contributed by atoms with Gasteiger partial charge < -0.3 is 14.4 Å². The molecule has 3 fully saturated rings. The zero-order valence-electron chi connectivity index (χ0n) is 23.2. The Labute approximate surface area is 229 Å². The van der Waals surface area contributed by atoms with Crippen LogP contribution in [0.1, 0.15) is 83.5 Å². The molecule has 11 heteroatoms. The van der Waals surface area contributed by atoms with Crippen molar-refractivity contribution in [3.8, 4) is 5.75 Å². The lowest BCUT2D eigenvalue weighted by molar-refractivity contribution is -0.198. The van der Waals surface area contributed by atoms with Crippen molar-refractivity contribution in [3.63, 3.8) is 0 Å². The first-order valence-electron chi connectivity index (χ1n) is 13.7. The Bertz CT molecular complexity index is 1180. The van der Waals surface area contributed by atoms with Crippen molar-refractivity contribution in [1.82, 2.24) is 5.32 Å². The Morgan fingerprint density at radius 2 is 1.77 bits per heavy atom. The summed E-state index contributed by atoms with van der Waals surface area (Å²) in [5.74, 6) is -1.09. The van der Waals surface area contributed by atoms with Crippen LogP contribution in [0.3, 0.4) is 0 Å². The number of ether oxygens (including phenoxy) is 1. The number of hydrogen-bond donors (Lipinski definition) is 4. The predicted molar refractivity (Wildman–Crippen MR) is 142 cm³/mol. The first kappa shape index (κ1) is 29.7. The molecular formula is C28H40NO9P. The predicted octanol–water partition coefficient (Wildman–Crippen LogP) is 4.61. The molecular weight excluding hydrogens is 525 g/mol. The largest absolute Gasteiger partial charge is 0.524 e. The summed E-state index contributed by atoms with van der Waals surface area (Å²) in [6.07, 6.45) is 1.53. The summed E-state index contributed by atoms with van der Waals surface area (Å²) in [4.78, 5) is 57.3. The van der Waals surface area contributed by atoms with Gasteiger partial charge in [-0.3, -0.25) is 24.7 Å². The Hall–Kier alpha value is -2.26. The van der Waals surface area contributed by atoms with Gasteiger partial charge in [-0.2, -0.15) is 0 Å². The topological polar surface area (TPSA) is 159 Å². The van der Waals surface area contributed by atoms with Crippen molar-refractivity contribution in [3.05, 3.63) is 29.8 Å². The van der Waals surface area contributed by atoms with Crippen LogP contribution in [0.2, 0.25) is 0 Å². The molecule has 1 aromatic rings. The Morgan fingerprint density at radius 3 is 2.36 bits per heavy atom. The lowest BCUT2D eigenvalue weighted by atomic mass is 9.43. The number of ketones is 1. The van der Waals surface area contributed by atoms with Crippen LogP contribution in [0.25, 0.3) is 0 Å². The van der Waals surface area contributed by atoms with Crippen LogP contribution in [0.5, 0.6) is 5.75 Å². The van der Waals surface area contributed by atoms with Crippen molar-refractivity contribution in [1.29, 1.82) is 0 Å². The molecule has 3 saturated carbocycles. The standard InChI is InChI=1S/C28H40NO9P/c1-6-26(4)15-21(37-25(33)29-24(32)18-7-9-19(10-8-18)38-39(34,35)36)27(5)16(2)11-13-28(17(3)23(26)31)14-12-20(30)22(27)28/h7-10,16-17,21-23,31H,6,11-15H2,1-5H3,(H,29,32,33)(H2,34,35,36)/t16?,17-,21+,22?,23-,26+,27-,28-/m0/s1. The lowest BCUT2D eigenvalue weighted by Crippen LogP contribution is -2.63. The number of phosphoric acid groups is 1. The number of carbonyl (C=O) groups is 3. The van der Waals surface area contributed by atoms with Crippen LogP contribution in [-0.4, -0.2) is 44.9 Å². The highest BCUT2D eigenvalue weighted by atomic mass is 31.2. The van der Waals surface area contributed by atoms with Crippen LogP contribution in [0.15, 0.2) is 24.3 Å². The second kappa shape index (κ2) is 10.3. The van der Waals surface area contributed by atoms with Gasteiger partial charge in [-0.25, -0.2) is 9.36 Å². The fraction of sp³-hybridized carbons (Fsp3) is 0.679. The Kier molecular flexibility index (Phi) is 7.84. The highest BCUT2D eigenvalue weighted by Crippen LogP contribution is 2.68. The number of aliphatic hydroxyl groups is 1. The third kappa shape index (κ3) is 5.17. The van der Waals surface area contributed by atoms with Gasteiger partial charge in [0.2, 0.25) is 0 Å². The minimum Gasteiger partial charge on any atom is -0.445 e. The summed E-state index contributed by atoms with van der Waals surface area (Å²) < 4.78 is 21.5. The smallest absolute Gasteiger partial charge is 0.445 e. The van der Waals surface area contributed by atoms with Gasteiger partial charge in [-0.05, 0) is 79.0 Å². The van der Waals surface area contributed by atoms with E-state index in [1.165, 1.54) is 24.3 Å². The van der Waals surface area contributed by atoms with Crippen molar-refractivity contribution >= 4 is 25.6 Å². The molecule has 0 heterocycles. The van der Waals surface area contributed by atoms with E-state index < -0.39 is 42.9 Å². The number of amides is 2. The molecule has 0 aromatic heterocycles. The molecule has 10 nitrogen and oxygen atoms in total. The van der Waals surface area contributed by atoms with E-state index in [0.29, 0.717) is 19.3 Å². The fourth-order valence-corrected chi connectivity index (χ4v) is 8.23. The molecule has 2 bridgehead atoms. The summed E-state index contributed by atoms with van der Waals surface area (Å²) in [6.45, 7) is 10.2. The van der Waals surface area contributed by atoms with Crippen LogP contribution in [0, 0.1) is 34.0 Å². The van der Waals surface area contributed by atoms with Crippen LogP contribution in [-0.2, 0) is 14.1 Å². The number of aliphatic hydroxyl groups excluding tert-OH is 1. The fourth-order valence-electron chi connectivity index (χ4n) is 7.84. The second-order valence-corrected chi connectivity index (χ2v) is 13.5. The number of benzene rings is 1. The number of phosphoric ester groups is 1. The quantitative estimate of drug-likeness (QED) is 0.374. The zero-order valence-corrected chi connectivity index (χ0v) is 24.1. The van der Waals surface area contributed by atoms with E-state index in [1.807, 2.05) is 20.8 Å². The van der Waals surface area contributed by atoms with Crippen molar-refractivity contribution in [2.75, 3.05) is 0 Å². The first-order valence-corrected chi connectivity index (χ1v) is 15.2. The van der Waals surface area contributed by atoms with E-state index in [9.17, 15) is 24.1 Å². The lowest BCUT2D eigenvalue weighted by Gasteiger charge is -2.62. The van der Waals surface area contributed by atoms with Gasteiger partial charge in [0.05, 0.1) is 6.10 Å². The van der Waals surface area contributed by atoms with Gasteiger partial charge in [0, 0.05) is 23.3 Å². The van der Waals surface area contributed by atoms with Crippen molar-refractivity contribution in [2.24, 2.45) is 34.0 Å². The van der Waals surface area contributed by atoms with Gasteiger partial charge in [0.25, 0.3) is 5.91 Å². The monoisotopic (exact) mass is 565 g/mol. The molecule has 2 unspecified atom stereocenters. The molecule has 8 atom stereocenters. The molecule has 2 amide bonds. The first-order chi connectivity index (χ1) is 18.1. The van der Waals surface area contributed by atoms with E-state index in [-0.39, 0.29) is 40.3 Å². The molecule has 0 saturated heterocycles. The molecule has 3 aliphatic rings. The molecule has 4 rings (SSSR count). The SMILES string of the molecule is CC[C@]1(C)C[C@@H](OC(=O)NC(=O)c2ccc(OP(=O)(O)O)cc2)[C@]2(C)C(C)CC[C@]3(CCC(=O)C32)[C@@H](C)[C@@H]1O. The molecule has 4 N–H and O–H groups in total. The van der Waals surface area contributed by atoms with E-state index in [1.54, 1.807) is 0 Å². The van der Waals surface area contributed by atoms with Gasteiger partial charge >= 0.3 is 13.9 Å². The number of nitrogens with one attached hydrogen (secondary N) is 1. The minimum atomic E-state index is -4.75. The zero-order chi connectivity index (χ0) is 29.0. The average molecular weight is 566 g/mol. The number of hydrogen-bond acceptors (Lipinski definition) is 7. The van der Waals surface area contributed by atoms with Gasteiger partial charge in [-0.1, -0.05) is 34.6 Å². The molecule has 3 aliphatic carbocycles. The Morgan fingerprint density at radius 1 is 1.13 bits per heavy atom. The number of imide groups is 1. The molecule has 0 aliphatic heterocycles. The molecule has 0 spiro atoms. The molecule has 39 heavy (non-hydrogen) atoms. The van der Waals surface area contributed by atoms with E-state index >= 15 is 0 Å². The average Bonchev–Trinajstić information content (AvgIpc) is 3.22. The summed E-state index contributed by atoms with van der Waals surface area (Å²) in [5.41, 5.74) is -1.53. The van der Waals surface area contributed by atoms with Crippen molar-refractivity contribution in [2.45, 2.75) is 85.4 Å². The highest BCUT2D eigenvalue weighted by molar-refractivity contribution is 7.46. The number of alkyl carbamates (subject to hydrolysis) is 1. The van der Waals surface area contributed by atoms with Crippen molar-refractivity contribution < 1.29 is 43.1 Å². The van der Waals surface area contributed by atoms with Crippen LogP contribution >= 0.6 is 7.82 Å². The number of rotatable bonds is 5. The molecule has 1 aromatic carbocycles. The third-order valence-corrected chi connectivity index (χ3v) is 11.0. The maximum Gasteiger partial charge on any atom is 0.524 e. The van der Waals surface area contributed by atoms with Gasteiger partial charge in [0.15, 0.2) is 0 Å². The van der Waals surface area contributed by atoms with Crippen LogP contribution < -0.4 is 9.84 Å². The van der Waals surface area contributed by atoms with Crippen LogP contribution in [0.4, 0.5) is 4.79 Å². The number of Topliss-reactive ketones (excluding diaryl/α,β-unsaturated/α-hetero) is 1. The third-order valence-electron chi connectivity index (χ3n) is 10.5. The molecule has 0 radical (unpaired) electrons. The second-order valence-electron chi connectivity index (χ2n) is 12.3.